The predicted molar refractivity (Wildman–Crippen MR) is 142 cm³/mol. The molecule has 3 aromatic rings. The molecule has 4 heterocycles. The summed E-state index contributed by atoms with van der Waals surface area (Å²) in [5, 5.41) is 0. The number of anilines is 3. The summed E-state index contributed by atoms with van der Waals surface area (Å²) >= 11 is 0. The highest BCUT2D eigenvalue weighted by molar-refractivity contribution is 5.76. The molecule has 8 heteroatoms. The highest BCUT2D eigenvalue weighted by Crippen LogP contribution is 2.34. The van der Waals surface area contributed by atoms with E-state index in [1.807, 2.05) is 6.07 Å². The van der Waals surface area contributed by atoms with E-state index < -0.39 is 0 Å². The summed E-state index contributed by atoms with van der Waals surface area (Å²) in [6, 6.07) is 17.0. The number of fused-ring (bicyclic) bond motifs is 1. The van der Waals surface area contributed by atoms with Gasteiger partial charge in [0, 0.05) is 45.8 Å². The number of nitrogens with zero attached hydrogens (tertiary/aromatic N) is 5. The Morgan fingerprint density at radius 3 is 2.22 bits per heavy atom. The Kier molecular flexibility index (Phi) is 6.51. The first-order valence-electron chi connectivity index (χ1n) is 13.0. The van der Waals surface area contributed by atoms with Crippen molar-refractivity contribution in [3.63, 3.8) is 0 Å². The highest BCUT2D eigenvalue weighted by Gasteiger charge is 2.26. The third-order valence-corrected chi connectivity index (χ3v) is 7.64. The first kappa shape index (κ1) is 22.9. The molecule has 0 aliphatic carbocycles. The molecule has 0 atom stereocenters. The maximum Gasteiger partial charge on any atom is 0.231 e. The van der Waals surface area contributed by atoms with Crippen molar-refractivity contribution in [3.8, 4) is 11.5 Å². The van der Waals surface area contributed by atoms with E-state index in [1.165, 1.54) is 11.1 Å². The molecule has 0 bridgehead atoms. The van der Waals surface area contributed by atoms with Gasteiger partial charge in [-0.15, -0.1) is 0 Å². The van der Waals surface area contributed by atoms with Crippen LogP contribution >= 0.6 is 0 Å². The van der Waals surface area contributed by atoms with Crippen LogP contribution in [0, 0.1) is 5.92 Å². The monoisotopic (exact) mass is 486 g/mol. The number of ether oxygens (including phenoxy) is 2. The number of hydrogen-bond donors (Lipinski definition) is 1. The van der Waals surface area contributed by atoms with Crippen molar-refractivity contribution in [2.24, 2.45) is 5.92 Å². The summed E-state index contributed by atoms with van der Waals surface area (Å²) in [7, 11) is 0. The van der Waals surface area contributed by atoms with Crippen LogP contribution in [-0.4, -0.2) is 60.9 Å². The van der Waals surface area contributed by atoms with Crippen molar-refractivity contribution in [1.29, 1.82) is 0 Å². The Hall–Kier alpha value is -3.52. The summed E-state index contributed by atoms with van der Waals surface area (Å²) in [6.07, 6.45) is 5.14. The van der Waals surface area contributed by atoms with Crippen LogP contribution in [-0.2, 0) is 13.0 Å². The van der Waals surface area contributed by atoms with Crippen molar-refractivity contribution < 1.29 is 9.47 Å². The highest BCUT2D eigenvalue weighted by atomic mass is 16.7. The van der Waals surface area contributed by atoms with E-state index in [-0.39, 0.29) is 0 Å². The molecule has 2 saturated heterocycles. The number of piperidine rings is 1. The molecule has 0 radical (unpaired) electrons. The van der Waals surface area contributed by atoms with Crippen molar-refractivity contribution in [2.45, 2.75) is 25.8 Å². The van der Waals surface area contributed by atoms with Gasteiger partial charge in [0.05, 0.1) is 0 Å². The van der Waals surface area contributed by atoms with E-state index in [1.54, 1.807) is 6.33 Å². The lowest BCUT2D eigenvalue weighted by molar-refractivity contribution is 0.174. The molecule has 0 spiro atoms. The number of benzene rings is 2. The molecule has 3 aliphatic heterocycles. The van der Waals surface area contributed by atoms with Gasteiger partial charge in [0.2, 0.25) is 6.79 Å². The molecule has 8 nitrogen and oxygen atoms in total. The molecule has 6 rings (SSSR count). The Labute approximate surface area is 212 Å². The van der Waals surface area contributed by atoms with Crippen LogP contribution in [0.3, 0.4) is 0 Å². The lowest BCUT2D eigenvalue weighted by atomic mass is 9.90. The van der Waals surface area contributed by atoms with Gasteiger partial charge in [0.25, 0.3) is 0 Å². The third-order valence-electron chi connectivity index (χ3n) is 7.64. The standard InChI is InChI=1S/C28H34N6O2/c29-26-27(33-10-8-22(9-11-33)16-21-4-2-1-3-5-21)30-19-31-28(26)34-14-12-32(13-15-34)18-23-6-7-24-25(17-23)36-20-35-24/h1-7,17,19,22H,8-16,18,20,29H2. The Balaban J connectivity index is 1.04. The van der Waals surface area contributed by atoms with Crippen molar-refractivity contribution >= 4 is 17.3 Å². The predicted octanol–water partition coefficient (Wildman–Crippen LogP) is 3.57. The smallest absolute Gasteiger partial charge is 0.231 e. The van der Waals surface area contributed by atoms with E-state index >= 15 is 0 Å². The van der Waals surface area contributed by atoms with Crippen molar-refractivity contribution in [3.05, 3.63) is 66.0 Å². The molecule has 1 aromatic heterocycles. The molecular formula is C28H34N6O2. The van der Waals surface area contributed by atoms with Crippen molar-refractivity contribution in [1.82, 2.24) is 14.9 Å². The van der Waals surface area contributed by atoms with Gasteiger partial charge in [-0.2, -0.15) is 0 Å². The van der Waals surface area contributed by atoms with Gasteiger partial charge in [-0.25, -0.2) is 9.97 Å². The van der Waals surface area contributed by atoms with E-state index in [2.05, 4.69) is 67.1 Å². The average Bonchev–Trinajstić information content (AvgIpc) is 3.39. The van der Waals surface area contributed by atoms with Gasteiger partial charge < -0.3 is 25.0 Å². The van der Waals surface area contributed by atoms with Crippen LogP contribution < -0.4 is 25.0 Å². The van der Waals surface area contributed by atoms with Gasteiger partial charge in [0.15, 0.2) is 23.1 Å². The van der Waals surface area contributed by atoms with Crippen molar-refractivity contribution in [2.75, 3.05) is 61.6 Å². The SMILES string of the molecule is Nc1c(N2CCC(Cc3ccccc3)CC2)ncnc1N1CCN(Cc2ccc3c(c2)OCO3)CC1. The van der Waals surface area contributed by atoms with Gasteiger partial charge in [-0.3, -0.25) is 4.90 Å². The van der Waals surface area contributed by atoms with E-state index in [4.69, 9.17) is 15.2 Å². The average molecular weight is 487 g/mol. The minimum Gasteiger partial charge on any atom is -0.454 e. The summed E-state index contributed by atoms with van der Waals surface area (Å²) in [6.45, 7) is 6.88. The first-order chi connectivity index (χ1) is 17.7. The molecule has 0 unspecified atom stereocenters. The molecule has 2 fully saturated rings. The van der Waals surface area contributed by atoms with Crippen LogP contribution in [0.2, 0.25) is 0 Å². The minimum atomic E-state index is 0.311. The van der Waals surface area contributed by atoms with Gasteiger partial charge in [-0.1, -0.05) is 36.4 Å². The molecule has 3 aliphatic rings. The molecular weight excluding hydrogens is 452 g/mol. The van der Waals surface area contributed by atoms with Crippen LogP contribution in [0.25, 0.3) is 0 Å². The lowest BCUT2D eigenvalue weighted by Crippen LogP contribution is -2.46. The Bertz CT molecular complexity index is 1170. The third kappa shape index (κ3) is 4.91. The zero-order valence-electron chi connectivity index (χ0n) is 20.7. The fraction of sp³-hybridized carbons (Fsp3) is 0.429. The number of rotatable bonds is 6. The summed E-state index contributed by atoms with van der Waals surface area (Å²) in [5.41, 5.74) is 10.0. The van der Waals surface area contributed by atoms with E-state index in [9.17, 15) is 0 Å². The number of hydrogen-bond acceptors (Lipinski definition) is 8. The second-order valence-electron chi connectivity index (χ2n) is 10.0. The van der Waals surface area contributed by atoms with E-state index in [0.29, 0.717) is 18.4 Å². The maximum absolute atomic E-state index is 6.67. The molecule has 0 saturated carbocycles. The second kappa shape index (κ2) is 10.2. The van der Waals surface area contributed by atoms with Crippen LogP contribution in [0.1, 0.15) is 24.0 Å². The van der Waals surface area contributed by atoms with Gasteiger partial charge in [-0.05, 0) is 48.4 Å². The van der Waals surface area contributed by atoms with Crippen LogP contribution in [0.5, 0.6) is 11.5 Å². The molecule has 2 N–H and O–H groups in total. The molecule has 0 amide bonds. The number of aromatic nitrogens is 2. The molecule has 188 valence electrons. The first-order valence-corrected chi connectivity index (χ1v) is 13.0. The Morgan fingerprint density at radius 2 is 1.47 bits per heavy atom. The fourth-order valence-corrected chi connectivity index (χ4v) is 5.59. The van der Waals surface area contributed by atoms with Crippen LogP contribution in [0.15, 0.2) is 54.9 Å². The number of nitrogen functional groups attached to an aromatic ring is 1. The zero-order chi connectivity index (χ0) is 24.3. The van der Waals surface area contributed by atoms with Gasteiger partial charge >= 0.3 is 0 Å². The topological polar surface area (TPSA) is 80.0 Å². The van der Waals surface area contributed by atoms with Crippen LogP contribution in [0.4, 0.5) is 17.3 Å². The summed E-state index contributed by atoms with van der Waals surface area (Å²) in [5.74, 6) is 4.15. The number of piperazine rings is 1. The zero-order valence-corrected chi connectivity index (χ0v) is 20.7. The fourth-order valence-electron chi connectivity index (χ4n) is 5.59. The quantitative estimate of drug-likeness (QED) is 0.567. The largest absolute Gasteiger partial charge is 0.454 e. The van der Waals surface area contributed by atoms with Gasteiger partial charge in [0.1, 0.15) is 12.0 Å². The second-order valence-corrected chi connectivity index (χ2v) is 10.0. The summed E-state index contributed by atoms with van der Waals surface area (Å²) < 4.78 is 11.0. The minimum absolute atomic E-state index is 0.311. The number of nitrogens with two attached hydrogens (primary N) is 1. The van der Waals surface area contributed by atoms with E-state index in [0.717, 1.165) is 88.2 Å². The normalized spacial score (nSPS) is 18.6. The maximum atomic E-state index is 6.67. The Morgan fingerprint density at radius 1 is 0.778 bits per heavy atom. The molecule has 2 aromatic carbocycles. The summed E-state index contributed by atoms with van der Waals surface area (Å²) in [4.78, 5) is 16.3. The lowest BCUT2D eigenvalue weighted by Gasteiger charge is -2.37. The molecule has 36 heavy (non-hydrogen) atoms.